The highest BCUT2D eigenvalue weighted by Crippen LogP contribution is 2.47. The van der Waals surface area contributed by atoms with Crippen LogP contribution in [0.1, 0.15) is 30.2 Å². The normalized spacial score (nSPS) is 23.0. The maximum absolute atomic E-state index is 12.8. The monoisotopic (exact) mass is 376 g/mol. The van der Waals surface area contributed by atoms with Crippen molar-refractivity contribution < 1.29 is 19.1 Å². The van der Waals surface area contributed by atoms with E-state index in [9.17, 15) is 4.79 Å². The van der Waals surface area contributed by atoms with E-state index in [0.717, 1.165) is 11.3 Å². The molecule has 1 fully saturated rings. The average molecular weight is 377 g/mol. The van der Waals surface area contributed by atoms with E-state index in [1.807, 2.05) is 30.3 Å². The number of benzene rings is 1. The molecule has 3 atom stereocenters. The summed E-state index contributed by atoms with van der Waals surface area (Å²) in [6, 6.07) is 10.8. The van der Waals surface area contributed by atoms with Gasteiger partial charge in [0.25, 0.3) is 0 Å². The standard InChI is InChI=1S/C19H21ClN2O4/c1-4-25-19(23)15-16(12-7-9-13(24-3)10-8-12)22(2)26-17(15)14-6-5-11-21-18(14)20/h5-11,15-17H,4H2,1-3H3/t15-,16-,17+/m0/s1. The molecule has 7 heteroatoms. The lowest BCUT2D eigenvalue weighted by atomic mass is 9.87. The van der Waals surface area contributed by atoms with Gasteiger partial charge in [0.15, 0.2) is 0 Å². The minimum absolute atomic E-state index is 0.294. The first kappa shape index (κ1) is 18.6. The lowest BCUT2D eigenvalue weighted by Crippen LogP contribution is -2.28. The van der Waals surface area contributed by atoms with Crippen molar-refractivity contribution in [2.24, 2.45) is 5.92 Å². The van der Waals surface area contributed by atoms with Crippen molar-refractivity contribution in [3.8, 4) is 5.75 Å². The number of hydroxylamine groups is 2. The van der Waals surface area contributed by atoms with Gasteiger partial charge < -0.3 is 9.47 Å². The van der Waals surface area contributed by atoms with Gasteiger partial charge in [0.1, 0.15) is 22.9 Å². The largest absolute Gasteiger partial charge is 0.497 e. The van der Waals surface area contributed by atoms with Crippen LogP contribution >= 0.6 is 11.6 Å². The number of nitrogens with zero attached hydrogens (tertiary/aromatic N) is 2. The number of ether oxygens (including phenoxy) is 2. The van der Waals surface area contributed by atoms with Crippen LogP contribution < -0.4 is 4.74 Å². The number of hydrogen-bond acceptors (Lipinski definition) is 6. The highest BCUT2D eigenvalue weighted by atomic mass is 35.5. The molecular formula is C19H21ClN2O4. The lowest BCUT2D eigenvalue weighted by Gasteiger charge is -2.22. The van der Waals surface area contributed by atoms with Crippen LogP contribution in [0.15, 0.2) is 42.6 Å². The van der Waals surface area contributed by atoms with E-state index in [1.165, 1.54) is 0 Å². The Hall–Kier alpha value is -2.15. The zero-order valence-electron chi connectivity index (χ0n) is 14.9. The predicted molar refractivity (Wildman–Crippen MR) is 96.7 cm³/mol. The van der Waals surface area contributed by atoms with Crippen molar-refractivity contribution in [2.75, 3.05) is 20.8 Å². The highest BCUT2D eigenvalue weighted by Gasteiger charge is 2.49. The van der Waals surface area contributed by atoms with Crippen molar-refractivity contribution in [2.45, 2.75) is 19.1 Å². The van der Waals surface area contributed by atoms with Gasteiger partial charge in [-0.05, 0) is 30.7 Å². The van der Waals surface area contributed by atoms with Gasteiger partial charge in [-0.3, -0.25) is 9.63 Å². The molecule has 2 heterocycles. The highest BCUT2D eigenvalue weighted by molar-refractivity contribution is 6.30. The molecule has 3 rings (SSSR count). The van der Waals surface area contributed by atoms with Crippen LogP contribution in [-0.2, 0) is 14.4 Å². The SMILES string of the molecule is CCOC(=O)[C@@H]1[C@@H](c2cccnc2Cl)ON(C)[C@H]1c1ccc(OC)cc1. The van der Waals surface area contributed by atoms with Gasteiger partial charge in [0.2, 0.25) is 0 Å². The fourth-order valence-corrected chi connectivity index (χ4v) is 3.50. The lowest BCUT2D eigenvalue weighted by molar-refractivity contribution is -0.154. The number of carbonyl (C=O) groups is 1. The summed E-state index contributed by atoms with van der Waals surface area (Å²) in [7, 11) is 3.41. The van der Waals surface area contributed by atoms with Gasteiger partial charge in [-0.25, -0.2) is 4.98 Å². The first-order valence-electron chi connectivity index (χ1n) is 8.37. The molecule has 0 aliphatic carbocycles. The molecule has 6 nitrogen and oxygen atoms in total. The summed E-state index contributed by atoms with van der Waals surface area (Å²) in [4.78, 5) is 22.9. The minimum Gasteiger partial charge on any atom is -0.497 e. The van der Waals surface area contributed by atoms with E-state index < -0.39 is 12.0 Å². The average Bonchev–Trinajstić information content (AvgIpc) is 2.99. The Kier molecular flexibility index (Phi) is 5.76. The Morgan fingerprint density at radius 3 is 2.65 bits per heavy atom. The number of carbonyl (C=O) groups excluding carboxylic acids is 1. The molecule has 26 heavy (non-hydrogen) atoms. The second-order valence-electron chi connectivity index (χ2n) is 5.95. The van der Waals surface area contributed by atoms with Crippen LogP contribution in [0, 0.1) is 5.92 Å². The molecule has 0 saturated carbocycles. The number of methoxy groups -OCH3 is 1. The first-order chi connectivity index (χ1) is 12.6. The molecule has 138 valence electrons. The van der Waals surface area contributed by atoms with Crippen LogP contribution in [-0.4, -0.2) is 36.8 Å². The van der Waals surface area contributed by atoms with Crippen LogP contribution in [0.4, 0.5) is 0 Å². The summed E-state index contributed by atoms with van der Waals surface area (Å²) in [6.07, 6.45) is 1.03. The van der Waals surface area contributed by atoms with Crippen molar-refractivity contribution in [3.63, 3.8) is 0 Å². The van der Waals surface area contributed by atoms with Gasteiger partial charge in [0.05, 0.1) is 19.8 Å². The fourth-order valence-electron chi connectivity index (χ4n) is 3.27. The molecule has 0 spiro atoms. The Labute approximate surface area is 157 Å². The van der Waals surface area contributed by atoms with Gasteiger partial charge in [-0.2, -0.15) is 5.06 Å². The Balaban J connectivity index is 2.01. The van der Waals surface area contributed by atoms with E-state index in [1.54, 1.807) is 38.4 Å². The summed E-state index contributed by atoms with van der Waals surface area (Å²) < 4.78 is 10.5. The Morgan fingerprint density at radius 1 is 1.31 bits per heavy atom. The third-order valence-electron chi connectivity index (χ3n) is 4.45. The first-order valence-corrected chi connectivity index (χ1v) is 8.75. The fraction of sp³-hybridized carbons (Fsp3) is 0.368. The minimum atomic E-state index is -0.577. The molecule has 0 unspecified atom stereocenters. The number of pyridine rings is 1. The smallest absolute Gasteiger partial charge is 0.314 e. The summed E-state index contributed by atoms with van der Waals surface area (Å²) in [6.45, 7) is 2.08. The van der Waals surface area contributed by atoms with Crippen molar-refractivity contribution in [1.29, 1.82) is 0 Å². The van der Waals surface area contributed by atoms with Crippen LogP contribution in [0.25, 0.3) is 0 Å². The molecule has 0 radical (unpaired) electrons. The van der Waals surface area contributed by atoms with E-state index in [0.29, 0.717) is 17.3 Å². The summed E-state index contributed by atoms with van der Waals surface area (Å²) >= 11 is 6.25. The molecule has 0 amide bonds. The van der Waals surface area contributed by atoms with Gasteiger partial charge in [0, 0.05) is 18.8 Å². The quantitative estimate of drug-likeness (QED) is 0.587. The second kappa shape index (κ2) is 8.03. The third kappa shape index (κ3) is 3.53. The number of hydrogen-bond donors (Lipinski definition) is 0. The van der Waals surface area contributed by atoms with E-state index in [2.05, 4.69) is 4.98 Å². The zero-order valence-corrected chi connectivity index (χ0v) is 15.6. The van der Waals surface area contributed by atoms with Crippen molar-refractivity contribution in [1.82, 2.24) is 10.0 Å². The molecule has 2 aromatic rings. The summed E-state index contributed by atoms with van der Waals surface area (Å²) in [5, 5.41) is 1.99. The van der Waals surface area contributed by atoms with E-state index >= 15 is 0 Å². The maximum Gasteiger partial charge on any atom is 0.314 e. The molecule has 1 saturated heterocycles. The number of halogens is 1. The maximum atomic E-state index is 12.8. The van der Waals surface area contributed by atoms with Crippen molar-refractivity contribution in [3.05, 3.63) is 58.9 Å². The van der Waals surface area contributed by atoms with Crippen LogP contribution in [0.3, 0.4) is 0 Å². The zero-order chi connectivity index (χ0) is 18.7. The van der Waals surface area contributed by atoms with Gasteiger partial charge in [-0.15, -0.1) is 0 Å². The molecule has 1 aromatic heterocycles. The van der Waals surface area contributed by atoms with Gasteiger partial charge >= 0.3 is 5.97 Å². The molecular weight excluding hydrogens is 356 g/mol. The third-order valence-corrected chi connectivity index (χ3v) is 4.76. The number of esters is 1. The van der Waals surface area contributed by atoms with Crippen molar-refractivity contribution >= 4 is 17.6 Å². The molecule has 0 N–H and O–H groups in total. The van der Waals surface area contributed by atoms with E-state index in [-0.39, 0.29) is 12.0 Å². The van der Waals surface area contributed by atoms with Crippen LogP contribution in [0.2, 0.25) is 5.15 Å². The Morgan fingerprint density at radius 2 is 2.04 bits per heavy atom. The van der Waals surface area contributed by atoms with Crippen LogP contribution in [0.5, 0.6) is 5.75 Å². The summed E-state index contributed by atoms with van der Waals surface area (Å²) in [5.74, 6) is -0.160. The Bertz CT molecular complexity index is 768. The number of rotatable bonds is 5. The predicted octanol–water partition coefficient (Wildman–Crippen LogP) is 3.58. The molecule has 1 aliphatic heterocycles. The van der Waals surface area contributed by atoms with Gasteiger partial charge in [-0.1, -0.05) is 29.8 Å². The second-order valence-corrected chi connectivity index (χ2v) is 6.31. The molecule has 1 aromatic carbocycles. The van der Waals surface area contributed by atoms with E-state index in [4.69, 9.17) is 25.9 Å². The summed E-state index contributed by atoms with van der Waals surface area (Å²) in [5.41, 5.74) is 1.59. The number of aromatic nitrogens is 1. The molecule has 1 aliphatic rings. The topological polar surface area (TPSA) is 60.9 Å². The molecule has 0 bridgehead atoms.